The third-order valence-electron chi connectivity index (χ3n) is 3.05. The topological polar surface area (TPSA) is 26.0 Å². The minimum absolute atomic E-state index is 0.266. The first-order valence-corrected chi connectivity index (χ1v) is 6.62. The molecule has 2 unspecified atom stereocenters. The summed E-state index contributed by atoms with van der Waals surface area (Å²) in [6.07, 6.45) is 3.66. The lowest BCUT2D eigenvalue weighted by atomic mass is 9.94. The predicted molar refractivity (Wildman–Crippen MR) is 72.5 cm³/mol. The van der Waals surface area contributed by atoms with Crippen LogP contribution in [0.15, 0.2) is 35.0 Å². The summed E-state index contributed by atoms with van der Waals surface area (Å²) in [7, 11) is 0. The van der Waals surface area contributed by atoms with Crippen molar-refractivity contribution in [3.05, 3.63) is 53.2 Å². The largest absolute Gasteiger partial charge is 0.466 e. The number of pyridine rings is 1. The molecule has 3 heteroatoms. The summed E-state index contributed by atoms with van der Waals surface area (Å²) in [4.78, 5) is 4.31. The summed E-state index contributed by atoms with van der Waals surface area (Å²) in [6, 6.07) is 6.22. The predicted octanol–water partition coefficient (Wildman–Crippen LogP) is 4.53. The first-order chi connectivity index (χ1) is 8.09. The molecule has 2 heterocycles. The number of aryl methyl sites for hydroxylation is 2. The number of nitrogens with zero attached hydrogens (tertiary/aromatic N) is 1. The zero-order valence-corrected chi connectivity index (χ0v) is 11.9. The molecule has 0 spiro atoms. The first kappa shape index (κ1) is 12.4. The molecule has 2 rings (SSSR count). The zero-order valence-electron chi connectivity index (χ0n) is 10.3. The van der Waals surface area contributed by atoms with Gasteiger partial charge in [0.15, 0.2) is 0 Å². The molecule has 2 nitrogen and oxygen atoms in total. The van der Waals surface area contributed by atoms with Gasteiger partial charge in [-0.15, -0.1) is 0 Å². The van der Waals surface area contributed by atoms with E-state index in [2.05, 4.69) is 46.0 Å². The quantitative estimate of drug-likeness (QED) is 0.777. The van der Waals surface area contributed by atoms with Gasteiger partial charge in [-0.05, 0) is 43.5 Å². The highest BCUT2D eigenvalue weighted by molar-refractivity contribution is 9.09. The van der Waals surface area contributed by atoms with Gasteiger partial charge < -0.3 is 4.42 Å². The maximum Gasteiger partial charge on any atom is 0.105 e. The summed E-state index contributed by atoms with van der Waals surface area (Å²) >= 11 is 3.77. The summed E-state index contributed by atoms with van der Waals surface area (Å²) < 4.78 is 5.58. The van der Waals surface area contributed by atoms with Crippen molar-refractivity contribution in [2.24, 2.45) is 0 Å². The fraction of sp³-hybridized carbons (Fsp3) is 0.357. The van der Waals surface area contributed by atoms with Crippen LogP contribution in [0.25, 0.3) is 0 Å². The van der Waals surface area contributed by atoms with Gasteiger partial charge in [0.1, 0.15) is 11.5 Å². The molecule has 0 aliphatic heterocycles. The molecule has 0 saturated carbocycles. The Labute approximate surface area is 110 Å². The van der Waals surface area contributed by atoms with Gasteiger partial charge in [-0.25, -0.2) is 0 Å². The molecule has 90 valence electrons. The van der Waals surface area contributed by atoms with Crippen molar-refractivity contribution in [2.75, 3.05) is 0 Å². The van der Waals surface area contributed by atoms with E-state index in [-0.39, 0.29) is 4.83 Å². The molecule has 0 saturated heterocycles. The van der Waals surface area contributed by atoms with Gasteiger partial charge >= 0.3 is 0 Å². The lowest BCUT2D eigenvalue weighted by Gasteiger charge is -2.18. The zero-order chi connectivity index (χ0) is 12.4. The van der Waals surface area contributed by atoms with Crippen molar-refractivity contribution >= 4 is 15.9 Å². The van der Waals surface area contributed by atoms with Crippen molar-refractivity contribution < 1.29 is 4.42 Å². The van der Waals surface area contributed by atoms with Gasteiger partial charge in [0.2, 0.25) is 0 Å². The van der Waals surface area contributed by atoms with Gasteiger partial charge in [-0.2, -0.15) is 0 Å². The van der Waals surface area contributed by atoms with Crippen molar-refractivity contribution in [3.8, 4) is 0 Å². The number of rotatable bonds is 3. The molecule has 0 aliphatic carbocycles. The van der Waals surface area contributed by atoms with Gasteiger partial charge in [0.25, 0.3) is 0 Å². The van der Waals surface area contributed by atoms with Crippen LogP contribution < -0.4 is 0 Å². The molecule has 0 bridgehead atoms. The summed E-state index contributed by atoms with van der Waals surface area (Å²) in [6.45, 7) is 6.19. The lowest BCUT2D eigenvalue weighted by Crippen LogP contribution is -2.02. The molecular weight excluding hydrogens is 278 g/mol. The van der Waals surface area contributed by atoms with Crippen LogP contribution in [0.2, 0.25) is 0 Å². The highest BCUT2D eigenvalue weighted by atomic mass is 79.9. The van der Waals surface area contributed by atoms with Crippen LogP contribution in [-0.2, 0) is 0 Å². The number of alkyl halides is 1. The minimum Gasteiger partial charge on any atom is -0.466 e. The Morgan fingerprint density at radius 3 is 2.41 bits per heavy atom. The Kier molecular flexibility index (Phi) is 3.67. The summed E-state index contributed by atoms with van der Waals surface area (Å²) in [5.74, 6) is 2.34. The smallest absolute Gasteiger partial charge is 0.105 e. The monoisotopic (exact) mass is 293 g/mol. The van der Waals surface area contributed by atoms with Crippen LogP contribution in [-0.4, -0.2) is 4.98 Å². The second kappa shape index (κ2) is 5.05. The molecule has 2 aromatic heterocycles. The number of aromatic nitrogens is 1. The average molecular weight is 294 g/mol. The fourth-order valence-corrected chi connectivity index (χ4v) is 2.79. The Bertz CT molecular complexity index is 492. The van der Waals surface area contributed by atoms with Crippen molar-refractivity contribution in [1.82, 2.24) is 4.98 Å². The van der Waals surface area contributed by atoms with Crippen LogP contribution in [0, 0.1) is 13.8 Å². The van der Waals surface area contributed by atoms with Crippen molar-refractivity contribution in [3.63, 3.8) is 0 Å². The summed E-state index contributed by atoms with van der Waals surface area (Å²) in [5.41, 5.74) is 2.51. The molecule has 2 atom stereocenters. The number of furan rings is 1. The number of hydrogen-bond donors (Lipinski definition) is 0. The van der Waals surface area contributed by atoms with E-state index in [1.54, 1.807) is 0 Å². The van der Waals surface area contributed by atoms with Crippen molar-refractivity contribution in [1.29, 1.82) is 0 Å². The fourth-order valence-electron chi connectivity index (χ4n) is 2.03. The lowest BCUT2D eigenvalue weighted by molar-refractivity contribution is 0.499. The molecule has 17 heavy (non-hydrogen) atoms. The van der Waals surface area contributed by atoms with Gasteiger partial charge in [-0.3, -0.25) is 4.98 Å². The third kappa shape index (κ3) is 2.60. The molecule has 0 radical (unpaired) electrons. The van der Waals surface area contributed by atoms with E-state index in [0.29, 0.717) is 5.92 Å². The van der Waals surface area contributed by atoms with E-state index >= 15 is 0 Å². The first-order valence-electron chi connectivity index (χ1n) is 5.70. The highest BCUT2D eigenvalue weighted by Gasteiger charge is 2.21. The van der Waals surface area contributed by atoms with E-state index in [4.69, 9.17) is 4.42 Å². The van der Waals surface area contributed by atoms with E-state index in [1.165, 1.54) is 11.1 Å². The van der Waals surface area contributed by atoms with E-state index in [1.807, 2.05) is 26.2 Å². The Morgan fingerprint density at radius 1 is 1.24 bits per heavy atom. The molecular formula is C14H16BrNO. The van der Waals surface area contributed by atoms with Crippen LogP contribution >= 0.6 is 15.9 Å². The van der Waals surface area contributed by atoms with Crippen LogP contribution in [0.1, 0.15) is 40.3 Å². The second-order valence-corrected chi connectivity index (χ2v) is 5.33. The van der Waals surface area contributed by atoms with Gasteiger partial charge in [0.05, 0.1) is 0 Å². The maximum atomic E-state index is 5.58. The van der Waals surface area contributed by atoms with Crippen LogP contribution in [0.5, 0.6) is 0 Å². The molecule has 0 fully saturated rings. The summed E-state index contributed by atoms with van der Waals surface area (Å²) in [5, 5.41) is 0. The Balaban J connectivity index is 2.26. The molecule has 2 aromatic rings. The SMILES string of the molecule is Cc1cc(C(Br)C(C)c2ccncc2)c(C)o1. The highest BCUT2D eigenvalue weighted by Crippen LogP contribution is 2.39. The average Bonchev–Trinajstić information content (AvgIpc) is 2.68. The van der Waals surface area contributed by atoms with Crippen LogP contribution in [0.3, 0.4) is 0 Å². The van der Waals surface area contributed by atoms with Crippen molar-refractivity contribution in [2.45, 2.75) is 31.5 Å². The molecule has 0 amide bonds. The van der Waals surface area contributed by atoms with Gasteiger partial charge in [0, 0.05) is 22.8 Å². The minimum atomic E-state index is 0.266. The molecule has 0 aliphatic rings. The number of halogens is 1. The third-order valence-corrected chi connectivity index (χ3v) is 4.33. The van der Waals surface area contributed by atoms with E-state index in [0.717, 1.165) is 11.5 Å². The standard InChI is InChI=1S/C14H16BrNO/c1-9-8-13(11(3)17-9)14(15)10(2)12-4-6-16-7-5-12/h4-8,10,14H,1-3H3. The van der Waals surface area contributed by atoms with Gasteiger partial charge in [-0.1, -0.05) is 22.9 Å². The Morgan fingerprint density at radius 2 is 1.88 bits per heavy atom. The van der Waals surface area contributed by atoms with Crippen LogP contribution in [0.4, 0.5) is 0 Å². The molecule has 0 aromatic carbocycles. The maximum absolute atomic E-state index is 5.58. The second-order valence-electron chi connectivity index (χ2n) is 4.34. The number of hydrogen-bond acceptors (Lipinski definition) is 2. The normalized spacial score (nSPS) is 14.6. The van der Waals surface area contributed by atoms with E-state index in [9.17, 15) is 0 Å². The Hall–Kier alpha value is -1.09. The van der Waals surface area contributed by atoms with E-state index < -0.39 is 0 Å². The molecule has 0 N–H and O–H groups in total.